The largest absolute Gasteiger partial charge is 0.444 e. The topological polar surface area (TPSA) is 74.8 Å². The number of aromatic nitrogens is 1. The lowest BCUT2D eigenvalue weighted by molar-refractivity contribution is 0.0620. The quantitative estimate of drug-likeness (QED) is 0.857. The highest BCUT2D eigenvalue weighted by atomic mass is 16.6. The average Bonchev–Trinajstić information content (AvgIpc) is 2.67. The number of carbonyl (C=O) groups is 2. The van der Waals surface area contributed by atoms with Crippen molar-refractivity contribution in [1.29, 1.82) is 0 Å². The third-order valence-electron chi connectivity index (χ3n) is 4.57. The monoisotopic (exact) mass is 396 g/mol. The van der Waals surface area contributed by atoms with Crippen LogP contribution in [0.3, 0.4) is 0 Å². The molecule has 0 atom stereocenters. The van der Waals surface area contributed by atoms with Crippen LogP contribution in [0.4, 0.5) is 10.5 Å². The minimum absolute atomic E-state index is 0.0265. The van der Waals surface area contributed by atoms with Crippen molar-refractivity contribution < 1.29 is 14.3 Å². The van der Waals surface area contributed by atoms with E-state index in [1.807, 2.05) is 17.0 Å². The zero-order chi connectivity index (χ0) is 20.9. The SMILES string of the molecule is CC(C)(C)OC(=O)Nc1cccc(C(=O)N2CCN(Cc3ccncc3)CC2)c1. The van der Waals surface area contributed by atoms with Crippen molar-refractivity contribution in [2.24, 2.45) is 0 Å². The molecule has 1 aliphatic rings. The van der Waals surface area contributed by atoms with Crippen molar-refractivity contribution in [2.45, 2.75) is 32.9 Å². The first-order valence-electron chi connectivity index (χ1n) is 9.81. The molecule has 0 unspecified atom stereocenters. The van der Waals surface area contributed by atoms with Gasteiger partial charge in [0.15, 0.2) is 0 Å². The summed E-state index contributed by atoms with van der Waals surface area (Å²) < 4.78 is 5.26. The van der Waals surface area contributed by atoms with Crippen LogP contribution in [0.25, 0.3) is 0 Å². The summed E-state index contributed by atoms with van der Waals surface area (Å²) in [6.45, 7) is 9.28. The Morgan fingerprint density at radius 3 is 2.41 bits per heavy atom. The minimum Gasteiger partial charge on any atom is -0.444 e. The summed E-state index contributed by atoms with van der Waals surface area (Å²) in [7, 11) is 0. The second-order valence-electron chi connectivity index (χ2n) is 8.13. The molecule has 0 saturated carbocycles. The lowest BCUT2D eigenvalue weighted by Gasteiger charge is -2.34. The van der Waals surface area contributed by atoms with Crippen molar-refractivity contribution >= 4 is 17.7 Å². The number of ether oxygens (including phenoxy) is 1. The molecule has 7 heteroatoms. The molecule has 1 aliphatic heterocycles. The van der Waals surface area contributed by atoms with Crippen molar-refractivity contribution in [3.63, 3.8) is 0 Å². The number of nitrogens with one attached hydrogen (secondary N) is 1. The Morgan fingerprint density at radius 2 is 1.76 bits per heavy atom. The molecule has 2 amide bonds. The zero-order valence-electron chi connectivity index (χ0n) is 17.2. The van der Waals surface area contributed by atoms with E-state index in [2.05, 4.69) is 15.2 Å². The molecule has 1 N–H and O–H groups in total. The van der Waals surface area contributed by atoms with Crippen molar-refractivity contribution in [3.8, 4) is 0 Å². The first kappa shape index (κ1) is 20.8. The van der Waals surface area contributed by atoms with Gasteiger partial charge in [-0.1, -0.05) is 6.07 Å². The lowest BCUT2D eigenvalue weighted by Crippen LogP contribution is -2.48. The average molecular weight is 396 g/mol. The van der Waals surface area contributed by atoms with E-state index in [-0.39, 0.29) is 5.91 Å². The number of amides is 2. The molecule has 0 bridgehead atoms. The van der Waals surface area contributed by atoms with Crippen molar-refractivity contribution in [3.05, 3.63) is 59.9 Å². The minimum atomic E-state index is -0.576. The maximum atomic E-state index is 12.9. The number of nitrogens with zero attached hydrogens (tertiary/aromatic N) is 3. The third-order valence-corrected chi connectivity index (χ3v) is 4.57. The molecule has 0 radical (unpaired) electrons. The van der Waals surface area contributed by atoms with E-state index >= 15 is 0 Å². The molecule has 0 spiro atoms. The highest BCUT2D eigenvalue weighted by Crippen LogP contribution is 2.16. The summed E-state index contributed by atoms with van der Waals surface area (Å²) in [5, 5.41) is 2.69. The summed E-state index contributed by atoms with van der Waals surface area (Å²) in [6, 6.07) is 11.0. The Labute approximate surface area is 171 Å². The number of piperazine rings is 1. The second-order valence-corrected chi connectivity index (χ2v) is 8.13. The number of carbonyl (C=O) groups excluding carboxylic acids is 2. The van der Waals surface area contributed by atoms with Crippen LogP contribution in [0.1, 0.15) is 36.7 Å². The van der Waals surface area contributed by atoms with Gasteiger partial charge in [-0.3, -0.25) is 20.0 Å². The van der Waals surface area contributed by atoms with Gasteiger partial charge in [-0.15, -0.1) is 0 Å². The Hall–Kier alpha value is -2.93. The van der Waals surface area contributed by atoms with Crippen LogP contribution >= 0.6 is 0 Å². The molecule has 154 valence electrons. The van der Waals surface area contributed by atoms with Crippen LogP contribution in [0, 0.1) is 0 Å². The molecule has 1 fully saturated rings. The number of benzene rings is 1. The Kier molecular flexibility index (Phi) is 6.49. The summed E-state index contributed by atoms with van der Waals surface area (Å²) in [5.41, 5.74) is 1.75. The number of hydrogen-bond donors (Lipinski definition) is 1. The van der Waals surface area contributed by atoms with Crippen LogP contribution in [-0.2, 0) is 11.3 Å². The van der Waals surface area contributed by atoms with Gasteiger partial charge in [-0.25, -0.2) is 4.79 Å². The smallest absolute Gasteiger partial charge is 0.412 e. The van der Waals surface area contributed by atoms with E-state index in [0.717, 1.165) is 19.6 Å². The van der Waals surface area contributed by atoms with Gasteiger partial charge in [0.05, 0.1) is 0 Å². The van der Waals surface area contributed by atoms with E-state index in [0.29, 0.717) is 24.3 Å². The fourth-order valence-corrected chi connectivity index (χ4v) is 3.19. The van der Waals surface area contributed by atoms with Gasteiger partial charge < -0.3 is 9.64 Å². The summed E-state index contributed by atoms with van der Waals surface area (Å²) in [4.78, 5) is 33.1. The predicted octanol–water partition coefficient (Wildman–Crippen LogP) is 3.39. The molecule has 1 aromatic carbocycles. The van der Waals surface area contributed by atoms with Gasteiger partial charge in [-0.05, 0) is 56.7 Å². The molecule has 1 saturated heterocycles. The van der Waals surface area contributed by atoms with E-state index in [1.165, 1.54) is 5.56 Å². The lowest BCUT2D eigenvalue weighted by atomic mass is 10.1. The third kappa shape index (κ3) is 6.29. The second kappa shape index (κ2) is 9.05. The molecule has 7 nitrogen and oxygen atoms in total. The molecular formula is C22H28N4O3. The normalized spacial score (nSPS) is 15.1. The number of rotatable bonds is 4. The van der Waals surface area contributed by atoms with Crippen LogP contribution in [0.2, 0.25) is 0 Å². The maximum absolute atomic E-state index is 12.9. The molecule has 29 heavy (non-hydrogen) atoms. The van der Waals surface area contributed by atoms with Crippen LogP contribution in [0.5, 0.6) is 0 Å². The molecule has 3 rings (SSSR count). The number of pyridine rings is 1. The fraction of sp³-hybridized carbons (Fsp3) is 0.409. The van der Waals surface area contributed by atoms with E-state index in [9.17, 15) is 9.59 Å². The van der Waals surface area contributed by atoms with Gasteiger partial charge >= 0.3 is 6.09 Å². The molecule has 0 aliphatic carbocycles. The summed E-state index contributed by atoms with van der Waals surface area (Å²) in [5.74, 6) is -0.0265. The van der Waals surface area contributed by atoms with E-state index < -0.39 is 11.7 Å². The Morgan fingerprint density at radius 1 is 1.07 bits per heavy atom. The first-order chi connectivity index (χ1) is 13.8. The Bertz CT molecular complexity index is 841. The number of hydrogen-bond acceptors (Lipinski definition) is 5. The molecular weight excluding hydrogens is 368 g/mol. The zero-order valence-corrected chi connectivity index (χ0v) is 17.2. The van der Waals surface area contributed by atoms with Gasteiger partial charge in [0.25, 0.3) is 5.91 Å². The van der Waals surface area contributed by atoms with Crippen molar-refractivity contribution in [1.82, 2.24) is 14.8 Å². The fourth-order valence-electron chi connectivity index (χ4n) is 3.19. The van der Waals surface area contributed by atoms with E-state index in [1.54, 1.807) is 57.4 Å². The molecule has 2 heterocycles. The van der Waals surface area contributed by atoms with Crippen molar-refractivity contribution in [2.75, 3.05) is 31.5 Å². The first-order valence-corrected chi connectivity index (χ1v) is 9.81. The Balaban J connectivity index is 1.55. The predicted molar refractivity (Wildman–Crippen MR) is 112 cm³/mol. The summed E-state index contributed by atoms with van der Waals surface area (Å²) in [6.07, 6.45) is 3.06. The van der Waals surface area contributed by atoms with Crippen LogP contribution in [0.15, 0.2) is 48.8 Å². The van der Waals surface area contributed by atoms with Gasteiger partial charge in [-0.2, -0.15) is 0 Å². The molecule has 2 aromatic rings. The van der Waals surface area contributed by atoms with Gasteiger partial charge in [0.1, 0.15) is 5.60 Å². The highest BCUT2D eigenvalue weighted by Gasteiger charge is 2.23. The number of anilines is 1. The standard InChI is InChI=1S/C22H28N4O3/c1-22(2,3)29-21(28)24-19-6-4-5-18(15-19)20(27)26-13-11-25(12-14-26)16-17-7-9-23-10-8-17/h4-10,15H,11-14,16H2,1-3H3,(H,24,28). The highest BCUT2D eigenvalue weighted by molar-refractivity contribution is 5.96. The molecule has 1 aromatic heterocycles. The van der Waals surface area contributed by atoms with Crippen LogP contribution < -0.4 is 5.32 Å². The van der Waals surface area contributed by atoms with E-state index in [4.69, 9.17) is 4.74 Å². The maximum Gasteiger partial charge on any atom is 0.412 e. The van der Waals surface area contributed by atoms with Gasteiger partial charge in [0.2, 0.25) is 0 Å². The van der Waals surface area contributed by atoms with Gasteiger partial charge in [0, 0.05) is 56.4 Å². The summed E-state index contributed by atoms with van der Waals surface area (Å²) >= 11 is 0. The van der Waals surface area contributed by atoms with Crippen LogP contribution in [-0.4, -0.2) is 58.6 Å².